The first-order valence-electron chi connectivity index (χ1n) is 4.83. The summed E-state index contributed by atoms with van der Waals surface area (Å²) in [5.41, 5.74) is 0.996. The molecule has 17 heavy (non-hydrogen) atoms. The Bertz CT molecular complexity index is 530. The molecule has 0 bridgehead atoms. The molecule has 2 rings (SSSR count). The van der Waals surface area contributed by atoms with Crippen LogP contribution < -0.4 is 0 Å². The summed E-state index contributed by atoms with van der Waals surface area (Å²) in [7, 11) is 0. The molecule has 2 heterocycles. The molecule has 0 aliphatic heterocycles. The average Bonchev–Trinajstić information content (AvgIpc) is 2.74. The number of hydrogen-bond acceptors (Lipinski definition) is 4. The van der Waals surface area contributed by atoms with Gasteiger partial charge in [0.2, 0.25) is 0 Å². The molecule has 0 aliphatic rings. The molecule has 0 unspecified atom stereocenters. The summed E-state index contributed by atoms with van der Waals surface area (Å²) in [5.74, 6) is 0.763. The van der Waals surface area contributed by atoms with Gasteiger partial charge in [-0.1, -0.05) is 48.7 Å². The Morgan fingerprint density at radius 1 is 1.06 bits per heavy atom. The first-order valence-corrected chi connectivity index (χ1v) is 6.84. The number of hydrogen-bond donors (Lipinski definition) is 0. The van der Waals surface area contributed by atoms with Gasteiger partial charge in [-0.2, -0.15) is 0 Å². The van der Waals surface area contributed by atoms with E-state index in [9.17, 15) is 0 Å². The van der Waals surface area contributed by atoms with E-state index in [0.29, 0.717) is 16.7 Å². The maximum Gasteiger partial charge on any atom is 0.191 e. The van der Waals surface area contributed by atoms with Gasteiger partial charge in [-0.15, -0.1) is 11.3 Å². The van der Waals surface area contributed by atoms with Gasteiger partial charge in [-0.25, -0.2) is 15.0 Å². The van der Waals surface area contributed by atoms with Crippen molar-refractivity contribution in [3.05, 3.63) is 26.4 Å². The van der Waals surface area contributed by atoms with Crippen molar-refractivity contribution in [1.29, 1.82) is 0 Å². The predicted molar refractivity (Wildman–Crippen MR) is 72.3 cm³/mol. The fraction of sp³-hybridized carbons (Fsp3) is 0.300. The van der Waals surface area contributed by atoms with Gasteiger partial charge in [0.1, 0.15) is 5.02 Å². The van der Waals surface area contributed by atoms with Crippen LogP contribution in [0.25, 0.3) is 10.8 Å². The summed E-state index contributed by atoms with van der Waals surface area (Å²) >= 11 is 18.9. The Morgan fingerprint density at radius 2 is 1.65 bits per heavy atom. The molecule has 0 amide bonds. The van der Waals surface area contributed by atoms with Crippen molar-refractivity contribution in [3.63, 3.8) is 0 Å². The highest BCUT2D eigenvalue weighted by Crippen LogP contribution is 2.31. The van der Waals surface area contributed by atoms with Crippen LogP contribution in [0.5, 0.6) is 0 Å². The molecule has 90 valence electrons. The monoisotopic (exact) mass is 307 g/mol. The minimum atomic E-state index is 0.142. The number of aromatic nitrogens is 3. The smallest absolute Gasteiger partial charge is 0.191 e. The summed E-state index contributed by atoms with van der Waals surface area (Å²) < 4.78 is 0. The summed E-state index contributed by atoms with van der Waals surface area (Å²) in [6.07, 6.45) is 0. The Balaban J connectivity index is 2.46. The van der Waals surface area contributed by atoms with Crippen molar-refractivity contribution >= 4 is 46.1 Å². The zero-order valence-corrected chi connectivity index (χ0v) is 12.1. The lowest BCUT2D eigenvalue weighted by Crippen LogP contribution is -1.92. The van der Waals surface area contributed by atoms with Crippen LogP contribution in [0.2, 0.25) is 15.3 Å². The zero-order valence-electron chi connectivity index (χ0n) is 9.04. The van der Waals surface area contributed by atoms with Crippen molar-refractivity contribution in [2.24, 2.45) is 0 Å². The molecule has 0 atom stereocenters. The highest BCUT2D eigenvalue weighted by molar-refractivity contribution is 7.13. The van der Waals surface area contributed by atoms with Crippen molar-refractivity contribution in [1.82, 2.24) is 15.0 Å². The second kappa shape index (κ2) is 5.06. The van der Waals surface area contributed by atoms with Crippen LogP contribution in [0.4, 0.5) is 0 Å². The van der Waals surface area contributed by atoms with E-state index in [-0.39, 0.29) is 15.3 Å². The first-order chi connectivity index (χ1) is 7.99. The third-order valence-electron chi connectivity index (χ3n) is 2.08. The topological polar surface area (TPSA) is 38.7 Å². The van der Waals surface area contributed by atoms with Crippen molar-refractivity contribution in [3.8, 4) is 10.8 Å². The molecule has 3 nitrogen and oxygen atoms in total. The molecule has 7 heteroatoms. The fourth-order valence-electron chi connectivity index (χ4n) is 1.14. The van der Waals surface area contributed by atoms with E-state index in [0.717, 1.165) is 5.69 Å². The third-order valence-corrected chi connectivity index (χ3v) is 4.03. The largest absolute Gasteiger partial charge is 0.237 e. The van der Waals surface area contributed by atoms with E-state index in [4.69, 9.17) is 34.8 Å². The minimum absolute atomic E-state index is 0.142. The van der Waals surface area contributed by atoms with Crippen molar-refractivity contribution in [2.45, 2.75) is 19.8 Å². The van der Waals surface area contributed by atoms with Crippen LogP contribution in [0.15, 0.2) is 5.38 Å². The second-order valence-electron chi connectivity index (χ2n) is 3.68. The number of rotatable bonds is 2. The molecule has 0 spiro atoms. The Labute approximate surface area is 118 Å². The van der Waals surface area contributed by atoms with Gasteiger partial charge in [0.05, 0.1) is 5.69 Å². The Kier molecular flexibility index (Phi) is 3.88. The minimum Gasteiger partial charge on any atom is -0.237 e. The lowest BCUT2D eigenvalue weighted by atomic mass is 10.2. The SMILES string of the molecule is CC(C)c1csc(-c2nc(Cl)c(Cl)c(Cl)n2)n1. The Morgan fingerprint density at radius 3 is 2.12 bits per heavy atom. The molecular weight excluding hydrogens is 301 g/mol. The van der Waals surface area contributed by atoms with Crippen molar-refractivity contribution in [2.75, 3.05) is 0 Å². The fourth-order valence-corrected chi connectivity index (χ4v) is 2.53. The van der Waals surface area contributed by atoms with Gasteiger partial charge in [-0.05, 0) is 5.92 Å². The van der Waals surface area contributed by atoms with E-state index >= 15 is 0 Å². The van der Waals surface area contributed by atoms with Gasteiger partial charge in [-0.3, -0.25) is 0 Å². The highest BCUT2D eigenvalue weighted by atomic mass is 35.5. The molecule has 0 N–H and O–H groups in total. The molecule has 0 saturated heterocycles. The normalized spacial score (nSPS) is 11.2. The van der Waals surface area contributed by atoms with Gasteiger partial charge in [0.15, 0.2) is 21.1 Å². The van der Waals surface area contributed by atoms with Crippen LogP contribution in [-0.4, -0.2) is 15.0 Å². The zero-order chi connectivity index (χ0) is 12.6. The van der Waals surface area contributed by atoms with E-state index < -0.39 is 0 Å². The molecule has 0 aromatic carbocycles. The van der Waals surface area contributed by atoms with Gasteiger partial charge >= 0.3 is 0 Å². The van der Waals surface area contributed by atoms with Gasteiger partial charge in [0, 0.05) is 5.38 Å². The molecule has 2 aromatic heterocycles. The first kappa shape index (κ1) is 13.0. The number of thiazole rings is 1. The lowest BCUT2D eigenvalue weighted by molar-refractivity contribution is 0.833. The van der Waals surface area contributed by atoms with E-state index in [1.54, 1.807) is 0 Å². The molecular formula is C10H8Cl3N3S. The maximum absolute atomic E-state index is 5.85. The van der Waals surface area contributed by atoms with Crippen LogP contribution in [0, 0.1) is 0 Å². The lowest BCUT2D eigenvalue weighted by Gasteiger charge is -2.01. The summed E-state index contributed by atoms with van der Waals surface area (Å²) in [5, 5.41) is 3.11. The van der Waals surface area contributed by atoms with Crippen LogP contribution in [0.1, 0.15) is 25.5 Å². The summed E-state index contributed by atoms with van der Waals surface area (Å²) in [6, 6.07) is 0. The van der Waals surface area contributed by atoms with Crippen LogP contribution in [0.3, 0.4) is 0 Å². The molecule has 0 saturated carbocycles. The summed E-state index contributed by atoms with van der Waals surface area (Å²) in [6.45, 7) is 4.14. The predicted octanol–water partition coefficient (Wildman–Crippen LogP) is 4.68. The molecule has 2 aromatic rings. The van der Waals surface area contributed by atoms with Gasteiger partial charge in [0.25, 0.3) is 0 Å². The van der Waals surface area contributed by atoms with E-state index in [1.165, 1.54) is 11.3 Å². The quantitative estimate of drug-likeness (QED) is 0.756. The van der Waals surface area contributed by atoms with Crippen LogP contribution >= 0.6 is 46.1 Å². The molecule has 0 aliphatic carbocycles. The van der Waals surface area contributed by atoms with E-state index in [1.807, 2.05) is 5.38 Å². The maximum atomic E-state index is 5.85. The molecule has 0 fully saturated rings. The van der Waals surface area contributed by atoms with Crippen molar-refractivity contribution < 1.29 is 0 Å². The third kappa shape index (κ3) is 2.71. The highest BCUT2D eigenvalue weighted by Gasteiger charge is 2.14. The van der Waals surface area contributed by atoms with Crippen LogP contribution in [-0.2, 0) is 0 Å². The van der Waals surface area contributed by atoms with Gasteiger partial charge < -0.3 is 0 Å². The van der Waals surface area contributed by atoms with E-state index in [2.05, 4.69) is 28.8 Å². The average molecular weight is 309 g/mol. The Hall–Kier alpha value is -0.420. The second-order valence-corrected chi connectivity index (χ2v) is 5.63. The summed E-state index contributed by atoms with van der Waals surface area (Å²) in [4.78, 5) is 12.5. The number of nitrogens with zero attached hydrogens (tertiary/aromatic N) is 3. The molecule has 0 radical (unpaired) electrons. The number of halogens is 3. The standard InChI is InChI=1S/C10H8Cl3N3S/c1-4(2)5-3-17-10(14-5)9-15-7(12)6(11)8(13)16-9/h3-4H,1-2H3.